The normalized spacial score (nSPS) is 19.4. The van der Waals surface area contributed by atoms with Crippen LogP contribution in [0.5, 0.6) is 0 Å². The van der Waals surface area contributed by atoms with Gasteiger partial charge in [-0.25, -0.2) is 0 Å². The molecule has 1 aliphatic carbocycles. The van der Waals surface area contributed by atoms with Gasteiger partial charge in [-0.05, 0) is 35.6 Å². The van der Waals surface area contributed by atoms with Crippen molar-refractivity contribution in [1.82, 2.24) is 0 Å². The first-order valence-electron chi connectivity index (χ1n) is 10.7. The number of carbonyl (C=O) groups is 2. The van der Waals surface area contributed by atoms with Crippen LogP contribution in [-0.4, -0.2) is 22.5 Å². The number of carbonyl (C=O) groups excluding carboxylic acids is 2. The van der Waals surface area contributed by atoms with Gasteiger partial charge in [0.1, 0.15) is 5.88 Å². The van der Waals surface area contributed by atoms with Crippen LogP contribution in [0, 0.1) is 15.5 Å². The van der Waals surface area contributed by atoms with Gasteiger partial charge in [0.15, 0.2) is 5.78 Å². The number of benzene rings is 2. The minimum Gasteiger partial charge on any atom is -0.357 e. The minimum absolute atomic E-state index is 0.157. The number of fused-ring (bicyclic) bond motifs is 1. The van der Waals surface area contributed by atoms with Crippen LogP contribution in [0.2, 0.25) is 0 Å². The molecule has 184 valence electrons. The summed E-state index contributed by atoms with van der Waals surface area (Å²) in [5.74, 6) is -1.36. The highest BCUT2D eigenvalue weighted by atomic mass is 35.5. The number of halogens is 4. The summed E-state index contributed by atoms with van der Waals surface area (Å²) >= 11 is 5.91. The summed E-state index contributed by atoms with van der Waals surface area (Å²) in [6, 6.07) is 7.03. The Balaban J connectivity index is 2.00. The highest BCUT2D eigenvalue weighted by Crippen LogP contribution is 2.49. The molecule has 1 unspecified atom stereocenters. The zero-order chi connectivity index (χ0) is 25.7. The number of nitrogens with zero attached hydrogens (tertiary/aromatic N) is 2. The number of nitrogens with one attached hydrogen (secondary N) is 1. The van der Waals surface area contributed by atoms with Gasteiger partial charge in [0, 0.05) is 29.8 Å². The molecular weight excluding hydrogens is 487 g/mol. The summed E-state index contributed by atoms with van der Waals surface area (Å²) in [5, 5.41) is 14.5. The maximum absolute atomic E-state index is 13.4. The van der Waals surface area contributed by atoms with Gasteiger partial charge in [0.2, 0.25) is 5.91 Å². The summed E-state index contributed by atoms with van der Waals surface area (Å²) in [7, 11) is 0. The number of anilines is 2. The first-order valence-corrected chi connectivity index (χ1v) is 11.2. The Hall–Kier alpha value is -3.40. The lowest BCUT2D eigenvalue weighted by Crippen LogP contribution is -2.40. The van der Waals surface area contributed by atoms with Gasteiger partial charge >= 0.3 is 6.18 Å². The van der Waals surface area contributed by atoms with Crippen molar-refractivity contribution in [1.29, 1.82) is 0 Å². The van der Waals surface area contributed by atoms with E-state index in [1.165, 1.54) is 35.2 Å². The quantitative estimate of drug-likeness (QED) is 0.313. The van der Waals surface area contributed by atoms with Crippen molar-refractivity contribution in [3.63, 3.8) is 0 Å². The zero-order valence-corrected chi connectivity index (χ0v) is 19.5. The van der Waals surface area contributed by atoms with E-state index in [1.807, 2.05) is 13.8 Å². The number of hydrogen-bond donors (Lipinski definition) is 1. The van der Waals surface area contributed by atoms with Crippen LogP contribution in [-0.2, 0) is 15.8 Å². The molecule has 2 aromatic rings. The summed E-state index contributed by atoms with van der Waals surface area (Å²) in [4.78, 5) is 38.6. The summed E-state index contributed by atoms with van der Waals surface area (Å²) in [6.45, 7) is 3.79. The third kappa shape index (κ3) is 4.62. The smallest absolute Gasteiger partial charge is 0.357 e. The Morgan fingerprint density at radius 1 is 1.20 bits per heavy atom. The SMILES string of the molecule is CC1(C)CC(=O)C2=C(C1)Nc1cc([N+](=O)[O-])ccc1N(C(=O)CCl)C2c1ccc(C(F)(F)F)cc1. The molecule has 0 saturated heterocycles. The molecule has 0 radical (unpaired) electrons. The molecule has 11 heteroatoms. The van der Waals surface area contributed by atoms with Gasteiger partial charge in [0.05, 0.1) is 27.9 Å². The average Bonchev–Trinajstić information content (AvgIpc) is 2.90. The molecule has 4 rings (SSSR count). The van der Waals surface area contributed by atoms with Crippen molar-refractivity contribution in [2.45, 2.75) is 38.9 Å². The fraction of sp³-hybridized carbons (Fsp3) is 0.333. The lowest BCUT2D eigenvalue weighted by Gasteiger charge is -2.37. The zero-order valence-electron chi connectivity index (χ0n) is 18.8. The first-order chi connectivity index (χ1) is 16.3. The molecule has 1 amide bonds. The Kier molecular flexibility index (Phi) is 6.12. The topological polar surface area (TPSA) is 92.5 Å². The number of hydrogen-bond acceptors (Lipinski definition) is 5. The molecule has 0 bridgehead atoms. The molecule has 7 nitrogen and oxygen atoms in total. The van der Waals surface area contributed by atoms with Crippen LogP contribution in [0.1, 0.15) is 43.9 Å². The Morgan fingerprint density at radius 3 is 2.43 bits per heavy atom. The summed E-state index contributed by atoms with van der Waals surface area (Å²) in [5.41, 5.74) is -0.124. The second-order valence-electron chi connectivity index (χ2n) is 9.34. The number of rotatable bonds is 3. The summed E-state index contributed by atoms with van der Waals surface area (Å²) in [6.07, 6.45) is -4.02. The minimum atomic E-state index is -4.56. The predicted octanol–water partition coefficient (Wildman–Crippen LogP) is 6.00. The first kappa shape index (κ1) is 24.7. The van der Waals surface area contributed by atoms with E-state index in [0.717, 1.165) is 12.1 Å². The molecule has 35 heavy (non-hydrogen) atoms. The Labute approximate surface area is 203 Å². The second-order valence-corrected chi connectivity index (χ2v) is 9.60. The molecule has 0 fully saturated rings. The van der Waals surface area contributed by atoms with Gasteiger partial charge in [-0.2, -0.15) is 13.2 Å². The molecule has 0 aromatic heterocycles. The largest absolute Gasteiger partial charge is 0.416 e. The maximum Gasteiger partial charge on any atom is 0.416 e. The van der Waals surface area contributed by atoms with Gasteiger partial charge < -0.3 is 5.32 Å². The lowest BCUT2D eigenvalue weighted by atomic mass is 9.73. The number of Topliss-reactive ketones (excluding diaryl/α,β-unsaturated/α-hetero) is 1. The van der Waals surface area contributed by atoms with E-state index in [1.54, 1.807) is 0 Å². The van der Waals surface area contributed by atoms with Gasteiger partial charge in [-0.1, -0.05) is 26.0 Å². The molecule has 0 saturated carbocycles. The molecular formula is C24H21ClF3N3O4. The van der Waals surface area contributed by atoms with Gasteiger partial charge in [0.25, 0.3) is 5.69 Å². The van der Waals surface area contributed by atoms with Crippen LogP contribution in [0.4, 0.5) is 30.2 Å². The molecule has 2 aromatic carbocycles. The molecule has 1 heterocycles. The van der Waals surface area contributed by atoms with Crippen molar-refractivity contribution in [2.75, 3.05) is 16.1 Å². The monoisotopic (exact) mass is 507 g/mol. The van der Waals surface area contributed by atoms with Crippen molar-refractivity contribution in [2.24, 2.45) is 5.41 Å². The number of non-ortho nitro benzene ring substituents is 1. The van der Waals surface area contributed by atoms with Crippen molar-refractivity contribution in [3.05, 3.63) is 75.0 Å². The van der Waals surface area contributed by atoms with Crippen molar-refractivity contribution >= 4 is 40.4 Å². The predicted molar refractivity (Wildman–Crippen MR) is 124 cm³/mol. The van der Waals surface area contributed by atoms with Crippen LogP contribution in [0.3, 0.4) is 0 Å². The highest BCUT2D eigenvalue weighted by molar-refractivity contribution is 6.30. The van der Waals surface area contributed by atoms with Gasteiger partial charge in [-0.15, -0.1) is 11.6 Å². The van der Waals surface area contributed by atoms with E-state index in [2.05, 4.69) is 5.32 Å². The Bertz CT molecular complexity index is 1260. The van der Waals surface area contributed by atoms with Crippen LogP contribution < -0.4 is 10.2 Å². The van der Waals surface area contributed by atoms with Crippen LogP contribution >= 0.6 is 11.6 Å². The average molecular weight is 508 g/mol. The van der Waals surface area contributed by atoms with Crippen LogP contribution in [0.15, 0.2) is 53.7 Å². The molecule has 2 aliphatic rings. The van der Waals surface area contributed by atoms with Gasteiger partial charge in [-0.3, -0.25) is 24.6 Å². The van der Waals surface area contributed by atoms with Crippen molar-refractivity contribution in [3.8, 4) is 0 Å². The summed E-state index contributed by atoms with van der Waals surface area (Å²) < 4.78 is 39.6. The number of ketones is 1. The standard InChI is InChI=1S/C24H21ClF3N3O4/c1-23(2)10-17-21(19(32)11-23)22(13-3-5-14(6-4-13)24(26,27)28)30(20(33)12-25)18-8-7-15(31(34)35)9-16(18)29-17/h3-9,22,29H,10-12H2,1-2H3. The number of amides is 1. The molecule has 1 aliphatic heterocycles. The van der Waals surface area contributed by atoms with E-state index in [0.29, 0.717) is 12.1 Å². The Morgan fingerprint density at radius 2 is 1.86 bits per heavy atom. The van der Waals surface area contributed by atoms with Crippen molar-refractivity contribution < 1.29 is 27.7 Å². The fourth-order valence-electron chi connectivity index (χ4n) is 4.65. The highest BCUT2D eigenvalue weighted by Gasteiger charge is 2.43. The van der Waals surface area contributed by atoms with E-state index in [9.17, 15) is 32.9 Å². The van der Waals surface area contributed by atoms with E-state index in [4.69, 9.17) is 11.6 Å². The van der Waals surface area contributed by atoms with E-state index < -0.39 is 39.9 Å². The van der Waals surface area contributed by atoms with Crippen LogP contribution in [0.25, 0.3) is 0 Å². The maximum atomic E-state index is 13.4. The number of alkyl halides is 4. The molecule has 1 N–H and O–H groups in total. The number of nitro groups is 1. The van der Waals surface area contributed by atoms with E-state index in [-0.39, 0.29) is 40.4 Å². The molecule has 1 atom stereocenters. The third-order valence-corrected chi connectivity index (χ3v) is 6.35. The number of nitro benzene ring substituents is 1. The second kappa shape index (κ2) is 8.67. The number of allylic oxidation sites excluding steroid dienone is 1. The third-order valence-electron chi connectivity index (χ3n) is 6.12. The van der Waals surface area contributed by atoms with E-state index >= 15 is 0 Å². The lowest BCUT2D eigenvalue weighted by molar-refractivity contribution is -0.384. The fourth-order valence-corrected chi connectivity index (χ4v) is 4.78. The molecule has 0 spiro atoms.